The number of carbonyl (C=O) groups excluding carboxylic acids is 2. The minimum Gasteiger partial charge on any atom is -0.468 e. The molecule has 0 atom stereocenters. The van der Waals surface area contributed by atoms with E-state index in [2.05, 4.69) is 4.74 Å². The molecular formula is C11H19NO3S. The van der Waals surface area contributed by atoms with E-state index in [-0.39, 0.29) is 24.5 Å². The van der Waals surface area contributed by atoms with Crippen LogP contribution in [0, 0.1) is 0 Å². The van der Waals surface area contributed by atoms with Gasteiger partial charge in [-0.2, -0.15) is 11.8 Å². The van der Waals surface area contributed by atoms with E-state index < -0.39 is 0 Å². The lowest BCUT2D eigenvalue weighted by Crippen LogP contribution is -2.43. The number of methoxy groups -OCH3 is 1. The van der Waals surface area contributed by atoms with Crippen molar-refractivity contribution in [2.75, 3.05) is 25.7 Å². The van der Waals surface area contributed by atoms with Crippen LogP contribution in [0.25, 0.3) is 0 Å². The van der Waals surface area contributed by atoms with Crippen LogP contribution in [0.1, 0.15) is 25.7 Å². The molecule has 0 N–H and O–H groups in total. The minimum atomic E-state index is -0.332. The molecule has 0 saturated heterocycles. The number of esters is 1. The molecule has 0 bridgehead atoms. The number of thioether (sulfide) groups is 1. The van der Waals surface area contributed by atoms with Crippen LogP contribution < -0.4 is 0 Å². The molecule has 1 aliphatic carbocycles. The van der Waals surface area contributed by atoms with Gasteiger partial charge in [-0.25, -0.2) is 0 Å². The van der Waals surface area contributed by atoms with E-state index in [1.165, 1.54) is 18.9 Å². The van der Waals surface area contributed by atoms with Crippen molar-refractivity contribution in [3.63, 3.8) is 0 Å². The summed E-state index contributed by atoms with van der Waals surface area (Å²) < 4.78 is 4.63. The van der Waals surface area contributed by atoms with Crippen LogP contribution in [-0.4, -0.2) is 48.5 Å². The van der Waals surface area contributed by atoms with Gasteiger partial charge in [-0.05, 0) is 19.1 Å². The summed E-state index contributed by atoms with van der Waals surface area (Å²) in [6.45, 7) is 0.0978. The largest absolute Gasteiger partial charge is 0.468 e. The van der Waals surface area contributed by atoms with E-state index in [0.29, 0.717) is 5.75 Å². The van der Waals surface area contributed by atoms with Gasteiger partial charge in [0.05, 0.1) is 12.9 Å². The van der Waals surface area contributed by atoms with E-state index in [1.54, 1.807) is 4.90 Å². The fourth-order valence-electron chi connectivity index (χ4n) is 2.05. The Morgan fingerprint density at radius 3 is 2.50 bits per heavy atom. The molecule has 0 aliphatic heterocycles. The first-order valence-electron chi connectivity index (χ1n) is 5.54. The van der Waals surface area contributed by atoms with Gasteiger partial charge in [0.1, 0.15) is 6.54 Å². The summed E-state index contributed by atoms with van der Waals surface area (Å²) in [5, 5.41) is 0. The predicted octanol–water partition coefficient (Wildman–Crippen LogP) is 1.29. The number of ether oxygens (including phenoxy) is 1. The monoisotopic (exact) mass is 245 g/mol. The average molecular weight is 245 g/mol. The van der Waals surface area contributed by atoms with Gasteiger partial charge in [-0.1, -0.05) is 12.8 Å². The Balaban J connectivity index is 2.59. The third-order valence-corrected chi connectivity index (χ3v) is 3.42. The lowest BCUT2D eigenvalue weighted by molar-refractivity contribution is -0.147. The van der Waals surface area contributed by atoms with Gasteiger partial charge in [-0.3, -0.25) is 9.59 Å². The molecule has 1 amide bonds. The Morgan fingerprint density at radius 2 is 2.00 bits per heavy atom. The van der Waals surface area contributed by atoms with Crippen LogP contribution in [0.15, 0.2) is 0 Å². The zero-order valence-electron chi connectivity index (χ0n) is 9.90. The predicted molar refractivity (Wildman–Crippen MR) is 64.4 cm³/mol. The van der Waals surface area contributed by atoms with Crippen LogP contribution in [0.5, 0.6) is 0 Å². The van der Waals surface area contributed by atoms with Crippen LogP contribution in [0.2, 0.25) is 0 Å². The molecule has 16 heavy (non-hydrogen) atoms. The van der Waals surface area contributed by atoms with E-state index in [9.17, 15) is 9.59 Å². The van der Waals surface area contributed by atoms with E-state index in [1.807, 2.05) is 6.26 Å². The first kappa shape index (κ1) is 13.4. The van der Waals surface area contributed by atoms with E-state index in [4.69, 9.17) is 0 Å². The molecule has 5 heteroatoms. The number of amides is 1. The summed E-state index contributed by atoms with van der Waals surface area (Å²) in [4.78, 5) is 24.8. The SMILES string of the molecule is COC(=O)CN(C(=O)CSC)C1CCCC1. The van der Waals surface area contributed by atoms with Crippen molar-refractivity contribution in [2.45, 2.75) is 31.7 Å². The summed E-state index contributed by atoms with van der Waals surface area (Å²) in [5.74, 6) is 0.152. The van der Waals surface area contributed by atoms with Gasteiger partial charge in [0.15, 0.2) is 0 Å². The van der Waals surface area contributed by atoms with Crippen LogP contribution in [0.4, 0.5) is 0 Å². The molecular weight excluding hydrogens is 226 g/mol. The number of nitrogens with zero attached hydrogens (tertiary/aromatic N) is 1. The number of rotatable bonds is 5. The van der Waals surface area contributed by atoms with E-state index >= 15 is 0 Å². The first-order chi connectivity index (χ1) is 7.69. The maximum atomic E-state index is 11.9. The molecule has 0 radical (unpaired) electrons. The van der Waals surface area contributed by atoms with Crippen LogP contribution >= 0.6 is 11.8 Å². The minimum absolute atomic E-state index is 0.0461. The highest BCUT2D eigenvalue weighted by atomic mass is 32.2. The second kappa shape index (κ2) is 6.78. The quantitative estimate of drug-likeness (QED) is 0.685. The van der Waals surface area contributed by atoms with Crippen molar-refractivity contribution in [3.05, 3.63) is 0 Å². The topological polar surface area (TPSA) is 46.6 Å². The molecule has 0 aromatic carbocycles. The standard InChI is InChI=1S/C11H19NO3S/c1-15-11(14)7-12(10(13)8-16-2)9-5-3-4-6-9/h9H,3-8H2,1-2H3. The first-order valence-corrected chi connectivity index (χ1v) is 6.93. The lowest BCUT2D eigenvalue weighted by Gasteiger charge is -2.27. The molecule has 1 rings (SSSR count). The zero-order chi connectivity index (χ0) is 12.0. The van der Waals surface area contributed by atoms with Gasteiger partial charge in [0, 0.05) is 6.04 Å². The molecule has 0 aromatic rings. The van der Waals surface area contributed by atoms with Crippen LogP contribution in [0.3, 0.4) is 0 Å². The molecule has 0 spiro atoms. The smallest absolute Gasteiger partial charge is 0.325 e. The fraction of sp³-hybridized carbons (Fsp3) is 0.818. The molecule has 0 unspecified atom stereocenters. The Morgan fingerprint density at radius 1 is 1.38 bits per heavy atom. The molecule has 4 nitrogen and oxygen atoms in total. The Kier molecular flexibility index (Phi) is 5.66. The van der Waals surface area contributed by atoms with Crippen molar-refractivity contribution in [1.82, 2.24) is 4.90 Å². The Hall–Kier alpha value is -0.710. The summed E-state index contributed by atoms with van der Waals surface area (Å²) >= 11 is 1.49. The van der Waals surface area contributed by atoms with Crippen molar-refractivity contribution < 1.29 is 14.3 Å². The normalized spacial score (nSPS) is 16.1. The maximum Gasteiger partial charge on any atom is 0.325 e. The molecule has 0 heterocycles. The lowest BCUT2D eigenvalue weighted by atomic mass is 10.2. The number of carbonyl (C=O) groups is 2. The van der Waals surface area contributed by atoms with Gasteiger partial charge in [0.2, 0.25) is 5.91 Å². The summed E-state index contributed by atoms with van der Waals surface area (Å²) in [6.07, 6.45) is 6.21. The van der Waals surface area contributed by atoms with Gasteiger partial charge in [0.25, 0.3) is 0 Å². The second-order valence-corrected chi connectivity index (χ2v) is 4.84. The third-order valence-electron chi connectivity index (χ3n) is 2.88. The fourth-order valence-corrected chi connectivity index (χ4v) is 2.46. The van der Waals surface area contributed by atoms with Gasteiger partial charge in [-0.15, -0.1) is 0 Å². The van der Waals surface area contributed by atoms with Gasteiger partial charge < -0.3 is 9.64 Å². The van der Waals surface area contributed by atoms with Crippen molar-refractivity contribution in [3.8, 4) is 0 Å². The molecule has 0 aromatic heterocycles. The third kappa shape index (κ3) is 3.70. The maximum absolute atomic E-state index is 11.9. The molecule has 1 aliphatic rings. The Bertz CT molecular complexity index is 252. The molecule has 1 saturated carbocycles. The van der Waals surface area contributed by atoms with Gasteiger partial charge >= 0.3 is 5.97 Å². The highest BCUT2D eigenvalue weighted by Crippen LogP contribution is 2.23. The van der Waals surface area contributed by atoms with Crippen molar-refractivity contribution in [1.29, 1.82) is 0 Å². The van der Waals surface area contributed by atoms with Crippen molar-refractivity contribution in [2.24, 2.45) is 0 Å². The Labute approximate surface area is 101 Å². The highest BCUT2D eigenvalue weighted by molar-refractivity contribution is 7.99. The highest BCUT2D eigenvalue weighted by Gasteiger charge is 2.28. The second-order valence-electron chi connectivity index (χ2n) is 3.97. The molecule has 1 fully saturated rings. The number of hydrogen-bond donors (Lipinski definition) is 0. The zero-order valence-corrected chi connectivity index (χ0v) is 10.7. The van der Waals surface area contributed by atoms with Crippen molar-refractivity contribution >= 4 is 23.6 Å². The van der Waals surface area contributed by atoms with E-state index in [0.717, 1.165) is 25.7 Å². The summed E-state index contributed by atoms with van der Waals surface area (Å²) in [7, 11) is 1.36. The average Bonchev–Trinajstić information content (AvgIpc) is 2.78. The summed E-state index contributed by atoms with van der Waals surface area (Å²) in [5.41, 5.74) is 0. The number of hydrogen-bond acceptors (Lipinski definition) is 4. The van der Waals surface area contributed by atoms with Crippen LogP contribution in [-0.2, 0) is 14.3 Å². The molecule has 92 valence electrons. The summed E-state index contributed by atoms with van der Waals surface area (Å²) in [6, 6.07) is 0.235.